The van der Waals surface area contributed by atoms with Gasteiger partial charge in [0.05, 0.1) is 10.8 Å². The van der Waals surface area contributed by atoms with Crippen LogP contribution >= 0.6 is 11.3 Å². The molecule has 1 aromatic carbocycles. The third kappa shape index (κ3) is 5.33. The summed E-state index contributed by atoms with van der Waals surface area (Å²) in [7, 11) is -3.37. The maximum absolute atomic E-state index is 11.8. The first-order chi connectivity index (χ1) is 9.94. The summed E-state index contributed by atoms with van der Waals surface area (Å²) in [6, 6.07) is 6.81. The molecule has 0 spiro atoms. The predicted molar refractivity (Wildman–Crippen MR) is 83.8 cm³/mol. The van der Waals surface area contributed by atoms with E-state index in [0.717, 1.165) is 9.88 Å². The van der Waals surface area contributed by atoms with Gasteiger partial charge in [0.25, 0.3) is 0 Å². The van der Waals surface area contributed by atoms with Gasteiger partial charge >= 0.3 is 0 Å². The van der Waals surface area contributed by atoms with Crippen molar-refractivity contribution in [3.05, 3.63) is 40.3 Å². The number of nitrogens with one attached hydrogen (secondary N) is 1. The number of nitrogens with zero attached hydrogens (tertiary/aromatic N) is 1. The van der Waals surface area contributed by atoms with E-state index in [1.165, 1.54) is 11.3 Å². The molecule has 21 heavy (non-hydrogen) atoms. The van der Waals surface area contributed by atoms with E-state index in [1.54, 1.807) is 30.5 Å². The van der Waals surface area contributed by atoms with Crippen molar-refractivity contribution >= 4 is 27.0 Å². The fourth-order valence-corrected chi connectivity index (χ4v) is 3.22. The second-order valence-corrected chi connectivity index (χ2v) is 7.65. The fourth-order valence-electron chi connectivity index (χ4n) is 1.57. The van der Waals surface area contributed by atoms with E-state index >= 15 is 0 Å². The lowest BCUT2D eigenvalue weighted by molar-refractivity contribution is 0.340. The standard InChI is InChI=1S/C13H17N3O3S2/c1-10-15-8-13(20-10)9-16-21(17,18)7-6-19-12-4-2-11(14)3-5-12/h2-5,8,16H,6-7,9,14H2,1H3. The van der Waals surface area contributed by atoms with Crippen LogP contribution in [0.25, 0.3) is 0 Å². The van der Waals surface area contributed by atoms with Gasteiger partial charge in [-0.25, -0.2) is 18.1 Å². The molecule has 0 fully saturated rings. The lowest BCUT2D eigenvalue weighted by Gasteiger charge is -2.08. The van der Waals surface area contributed by atoms with E-state index in [-0.39, 0.29) is 18.9 Å². The van der Waals surface area contributed by atoms with Gasteiger partial charge in [-0.15, -0.1) is 11.3 Å². The van der Waals surface area contributed by atoms with Crippen molar-refractivity contribution in [1.82, 2.24) is 9.71 Å². The lowest BCUT2D eigenvalue weighted by Crippen LogP contribution is -2.28. The van der Waals surface area contributed by atoms with Gasteiger partial charge in [0, 0.05) is 23.3 Å². The highest BCUT2D eigenvalue weighted by Crippen LogP contribution is 2.13. The van der Waals surface area contributed by atoms with E-state index < -0.39 is 10.0 Å². The minimum atomic E-state index is -3.37. The number of hydrogen-bond donors (Lipinski definition) is 2. The molecule has 2 rings (SSSR count). The molecule has 0 radical (unpaired) electrons. The fraction of sp³-hybridized carbons (Fsp3) is 0.308. The minimum absolute atomic E-state index is 0.0843. The van der Waals surface area contributed by atoms with Crippen molar-refractivity contribution in [2.24, 2.45) is 0 Å². The largest absolute Gasteiger partial charge is 0.492 e. The highest BCUT2D eigenvalue weighted by atomic mass is 32.2. The smallest absolute Gasteiger partial charge is 0.215 e. The Hall–Kier alpha value is -1.64. The van der Waals surface area contributed by atoms with E-state index in [1.807, 2.05) is 6.92 Å². The summed E-state index contributed by atoms with van der Waals surface area (Å²) in [6.07, 6.45) is 1.67. The number of nitrogens with two attached hydrogens (primary N) is 1. The number of sulfonamides is 1. The zero-order valence-electron chi connectivity index (χ0n) is 11.6. The molecule has 0 amide bonds. The number of thiazole rings is 1. The van der Waals surface area contributed by atoms with Crippen molar-refractivity contribution in [3.63, 3.8) is 0 Å². The molecule has 0 aliphatic rings. The summed E-state index contributed by atoms with van der Waals surface area (Å²) in [5.41, 5.74) is 6.19. The Bertz CT molecular complexity index is 681. The number of aryl methyl sites for hydroxylation is 1. The summed E-state index contributed by atoms with van der Waals surface area (Å²) >= 11 is 1.47. The van der Waals surface area contributed by atoms with Gasteiger partial charge in [-0.05, 0) is 31.2 Å². The highest BCUT2D eigenvalue weighted by Gasteiger charge is 2.11. The van der Waals surface area contributed by atoms with Crippen LogP contribution in [0.1, 0.15) is 9.88 Å². The Balaban J connectivity index is 1.77. The van der Waals surface area contributed by atoms with Crippen LogP contribution in [0, 0.1) is 6.92 Å². The topological polar surface area (TPSA) is 94.3 Å². The maximum atomic E-state index is 11.8. The van der Waals surface area contributed by atoms with Gasteiger partial charge in [0.15, 0.2) is 0 Å². The van der Waals surface area contributed by atoms with Crippen molar-refractivity contribution in [2.45, 2.75) is 13.5 Å². The SMILES string of the molecule is Cc1ncc(CNS(=O)(=O)CCOc2ccc(N)cc2)s1. The van der Waals surface area contributed by atoms with Crippen LogP contribution in [0.15, 0.2) is 30.5 Å². The van der Waals surface area contributed by atoms with Gasteiger partial charge in [0.1, 0.15) is 12.4 Å². The van der Waals surface area contributed by atoms with Gasteiger partial charge in [-0.3, -0.25) is 0 Å². The number of anilines is 1. The van der Waals surface area contributed by atoms with Crippen LogP contribution in [-0.2, 0) is 16.6 Å². The number of nitrogen functional groups attached to an aromatic ring is 1. The number of hydrogen-bond acceptors (Lipinski definition) is 6. The number of benzene rings is 1. The molecular weight excluding hydrogens is 310 g/mol. The van der Waals surface area contributed by atoms with Crippen molar-refractivity contribution in [1.29, 1.82) is 0 Å². The molecule has 8 heteroatoms. The van der Waals surface area contributed by atoms with Crippen molar-refractivity contribution in [2.75, 3.05) is 18.1 Å². The van der Waals surface area contributed by atoms with E-state index in [0.29, 0.717) is 11.4 Å². The summed E-state index contributed by atoms with van der Waals surface area (Å²) in [5.74, 6) is 0.493. The number of rotatable bonds is 7. The summed E-state index contributed by atoms with van der Waals surface area (Å²) in [5, 5.41) is 0.913. The molecule has 3 N–H and O–H groups in total. The molecule has 114 valence electrons. The lowest BCUT2D eigenvalue weighted by atomic mass is 10.3. The van der Waals surface area contributed by atoms with Crippen LogP contribution in [-0.4, -0.2) is 25.8 Å². The van der Waals surface area contributed by atoms with Crippen LogP contribution in [0.2, 0.25) is 0 Å². The molecule has 0 atom stereocenters. The molecule has 0 saturated carbocycles. The Labute approximate surface area is 128 Å². The van der Waals surface area contributed by atoms with Gasteiger partial charge in [-0.1, -0.05) is 0 Å². The Morgan fingerprint density at radius 2 is 2.05 bits per heavy atom. The Morgan fingerprint density at radius 3 is 2.67 bits per heavy atom. The molecule has 0 aliphatic carbocycles. The van der Waals surface area contributed by atoms with E-state index in [9.17, 15) is 8.42 Å². The molecule has 0 aliphatic heterocycles. The molecule has 0 saturated heterocycles. The summed E-state index contributed by atoms with van der Waals surface area (Å²) in [4.78, 5) is 4.96. The normalized spacial score (nSPS) is 11.5. The van der Waals surface area contributed by atoms with E-state index in [2.05, 4.69) is 9.71 Å². The average molecular weight is 327 g/mol. The average Bonchev–Trinajstić information content (AvgIpc) is 2.85. The quantitative estimate of drug-likeness (QED) is 0.752. The Kier molecular flexibility index (Phi) is 5.16. The number of aromatic nitrogens is 1. The second-order valence-electron chi connectivity index (χ2n) is 4.40. The van der Waals surface area contributed by atoms with Crippen molar-refractivity contribution < 1.29 is 13.2 Å². The monoisotopic (exact) mass is 327 g/mol. The first-order valence-corrected chi connectivity index (χ1v) is 8.78. The van der Waals surface area contributed by atoms with Crippen molar-refractivity contribution in [3.8, 4) is 5.75 Å². The highest BCUT2D eigenvalue weighted by molar-refractivity contribution is 7.89. The molecule has 0 unspecified atom stereocenters. The molecule has 1 aromatic heterocycles. The maximum Gasteiger partial charge on any atom is 0.215 e. The van der Waals surface area contributed by atoms with Gasteiger partial charge in [-0.2, -0.15) is 0 Å². The first-order valence-electron chi connectivity index (χ1n) is 6.31. The van der Waals surface area contributed by atoms with Crippen LogP contribution in [0.3, 0.4) is 0 Å². The zero-order valence-corrected chi connectivity index (χ0v) is 13.2. The summed E-state index contributed by atoms with van der Waals surface area (Å²) in [6.45, 7) is 2.22. The third-order valence-electron chi connectivity index (χ3n) is 2.64. The number of ether oxygens (including phenoxy) is 1. The molecule has 1 heterocycles. The summed E-state index contributed by atoms with van der Waals surface area (Å²) < 4.78 is 31.6. The first kappa shape index (κ1) is 15.7. The minimum Gasteiger partial charge on any atom is -0.492 e. The van der Waals surface area contributed by atoms with E-state index in [4.69, 9.17) is 10.5 Å². The molecular formula is C13H17N3O3S2. The third-order valence-corrected chi connectivity index (χ3v) is 4.84. The van der Waals surface area contributed by atoms with Gasteiger partial charge in [0.2, 0.25) is 10.0 Å². The van der Waals surface area contributed by atoms with Gasteiger partial charge < -0.3 is 10.5 Å². The van der Waals surface area contributed by atoms with Crippen LogP contribution in [0.5, 0.6) is 5.75 Å². The second kappa shape index (κ2) is 6.88. The van der Waals surface area contributed by atoms with Crippen LogP contribution < -0.4 is 15.2 Å². The molecule has 2 aromatic rings. The molecule has 0 bridgehead atoms. The zero-order chi connectivity index (χ0) is 15.3. The molecule has 6 nitrogen and oxygen atoms in total. The Morgan fingerprint density at radius 1 is 1.33 bits per heavy atom. The predicted octanol–water partition coefficient (Wildman–Crippen LogP) is 1.53. The van der Waals surface area contributed by atoms with Crippen LogP contribution in [0.4, 0.5) is 5.69 Å².